The fourth-order valence-electron chi connectivity index (χ4n) is 1.00. The minimum absolute atomic E-state index is 0.154. The van der Waals surface area contributed by atoms with E-state index in [0.29, 0.717) is 25.5 Å². The lowest BCUT2D eigenvalue weighted by atomic mass is 10.5. The largest absolute Gasteiger partial charge is 0.318 e. The van der Waals surface area contributed by atoms with Crippen LogP contribution in [0.2, 0.25) is 0 Å². The van der Waals surface area contributed by atoms with Crippen molar-refractivity contribution >= 4 is 5.91 Å². The number of hydrazine groups is 1. The molecule has 0 saturated heterocycles. The molecule has 9 nitrogen and oxygen atoms in total. The van der Waals surface area contributed by atoms with Crippen LogP contribution >= 0.6 is 0 Å². The lowest BCUT2D eigenvalue weighted by molar-refractivity contribution is -0.130. The van der Waals surface area contributed by atoms with E-state index in [1.807, 2.05) is 0 Å². The smallest absolute Gasteiger partial charge is 0.250 e. The topological polar surface area (TPSA) is 125 Å². The molecule has 1 amide bonds. The average Bonchev–Trinajstić information content (AvgIpc) is 2.78. The highest BCUT2D eigenvalue weighted by Crippen LogP contribution is 1.83. The molecule has 1 rings (SSSR count). The quantitative estimate of drug-likeness (QED) is 0.226. The van der Waals surface area contributed by atoms with Crippen molar-refractivity contribution in [2.75, 3.05) is 26.7 Å². The van der Waals surface area contributed by atoms with E-state index in [0.717, 1.165) is 0 Å². The van der Waals surface area contributed by atoms with Crippen LogP contribution in [-0.2, 0) is 11.3 Å². The molecule has 1 heterocycles. The zero-order valence-corrected chi connectivity index (χ0v) is 9.10. The molecule has 1 aromatic rings. The number of tetrazole rings is 1. The number of carbonyl (C=O) groups excluding carboxylic acids is 1. The zero-order chi connectivity index (χ0) is 11.8. The van der Waals surface area contributed by atoms with Crippen molar-refractivity contribution in [3.05, 3.63) is 5.82 Å². The SMILES string of the molecule is CNCCN(N)C(=O)CNCc1nnn[nH]1. The Kier molecular flexibility index (Phi) is 5.32. The van der Waals surface area contributed by atoms with Gasteiger partial charge in [-0.3, -0.25) is 9.80 Å². The number of rotatable bonds is 7. The first-order valence-corrected chi connectivity index (χ1v) is 4.87. The summed E-state index contributed by atoms with van der Waals surface area (Å²) >= 11 is 0. The second-order valence-corrected chi connectivity index (χ2v) is 3.14. The van der Waals surface area contributed by atoms with E-state index < -0.39 is 0 Å². The minimum atomic E-state index is -0.178. The van der Waals surface area contributed by atoms with Crippen molar-refractivity contribution < 1.29 is 4.79 Å². The Labute approximate surface area is 92.7 Å². The summed E-state index contributed by atoms with van der Waals surface area (Å²) in [6.45, 7) is 1.69. The van der Waals surface area contributed by atoms with Gasteiger partial charge in [0.15, 0.2) is 5.82 Å². The highest BCUT2D eigenvalue weighted by Gasteiger charge is 2.08. The first-order valence-electron chi connectivity index (χ1n) is 4.87. The number of aromatic nitrogens is 4. The van der Waals surface area contributed by atoms with Crippen molar-refractivity contribution in [1.82, 2.24) is 36.3 Å². The lowest BCUT2D eigenvalue weighted by Gasteiger charge is -2.16. The van der Waals surface area contributed by atoms with Crippen LogP contribution in [0.15, 0.2) is 0 Å². The van der Waals surface area contributed by atoms with Gasteiger partial charge in [-0.05, 0) is 17.5 Å². The summed E-state index contributed by atoms with van der Waals surface area (Å²) in [5, 5.41) is 20.0. The Morgan fingerprint density at radius 2 is 2.44 bits per heavy atom. The molecule has 90 valence electrons. The molecule has 9 heteroatoms. The van der Waals surface area contributed by atoms with Crippen LogP contribution in [0.25, 0.3) is 0 Å². The Balaban J connectivity index is 2.14. The molecule has 0 spiro atoms. The van der Waals surface area contributed by atoms with Crippen molar-refractivity contribution in [1.29, 1.82) is 0 Å². The lowest BCUT2D eigenvalue weighted by Crippen LogP contribution is -2.45. The molecular weight excluding hydrogens is 212 g/mol. The highest BCUT2D eigenvalue weighted by molar-refractivity contribution is 5.77. The maximum absolute atomic E-state index is 11.4. The van der Waals surface area contributed by atoms with Gasteiger partial charge in [0.1, 0.15) is 0 Å². The number of amides is 1. The van der Waals surface area contributed by atoms with E-state index >= 15 is 0 Å². The van der Waals surface area contributed by atoms with E-state index in [1.165, 1.54) is 5.01 Å². The maximum Gasteiger partial charge on any atom is 0.250 e. The van der Waals surface area contributed by atoms with Gasteiger partial charge in [-0.1, -0.05) is 0 Å². The average molecular weight is 228 g/mol. The van der Waals surface area contributed by atoms with E-state index in [4.69, 9.17) is 5.84 Å². The molecule has 16 heavy (non-hydrogen) atoms. The van der Waals surface area contributed by atoms with Gasteiger partial charge >= 0.3 is 0 Å². The second kappa shape index (κ2) is 6.82. The van der Waals surface area contributed by atoms with Crippen LogP contribution in [0.4, 0.5) is 0 Å². The molecule has 0 aliphatic heterocycles. The highest BCUT2D eigenvalue weighted by atomic mass is 16.2. The molecular formula is C7H16N8O. The van der Waals surface area contributed by atoms with Gasteiger partial charge < -0.3 is 10.6 Å². The van der Waals surface area contributed by atoms with Crippen LogP contribution in [0, 0.1) is 0 Å². The van der Waals surface area contributed by atoms with E-state index in [9.17, 15) is 4.79 Å². The molecule has 0 atom stereocenters. The van der Waals surface area contributed by atoms with Crippen LogP contribution in [-0.4, -0.2) is 58.2 Å². The first-order chi connectivity index (χ1) is 7.74. The minimum Gasteiger partial charge on any atom is -0.318 e. The molecule has 0 fully saturated rings. The molecule has 0 aliphatic carbocycles. The molecule has 5 N–H and O–H groups in total. The summed E-state index contributed by atoms with van der Waals surface area (Å²) < 4.78 is 0. The third kappa shape index (κ3) is 4.29. The van der Waals surface area contributed by atoms with Crippen molar-refractivity contribution in [3.63, 3.8) is 0 Å². The fraction of sp³-hybridized carbons (Fsp3) is 0.714. The number of hydrogen-bond donors (Lipinski definition) is 4. The van der Waals surface area contributed by atoms with E-state index in [1.54, 1.807) is 7.05 Å². The third-order valence-electron chi connectivity index (χ3n) is 1.88. The van der Waals surface area contributed by atoms with Gasteiger partial charge in [-0.25, -0.2) is 10.9 Å². The van der Waals surface area contributed by atoms with Gasteiger partial charge in [0.25, 0.3) is 0 Å². The van der Waals surface area contributed by atoms with Crippen LogP contribution in [0.1, 0.15) is 5.82 Å². The van der Waals surface area contributed by atoms with Crippen LogP contribution in [0.5, 0.6) is 0 Å². The maximum atomic E-state index is 11.4. The van der Waals surface area contributed by atoms with Crippen LogP contribution < -0.4 is 16.5 Å². The normalized spacial score (nSPS) is 10.4. The standard InChI is InChI=1S/C7H16N8O/c1-9-2-3-15(8)7(16)5-10-4-6-11-13-14-12-6/h9-10H,2-5,8H2,1H3,(H,11,12,13,14). The van der Waals surface area contributed by atoms with Gasteiger partial charge in [0.05, 0.1) is 13.1 Å². The summed E-state index contributed by atoms with van der Waals surface area (Å²) in [4.78, 5) is 11.4. The number of aromatic amines is 1. The Hall–Kier alpha value is -1.58. The number of hydrogen-bond acceptors (Lipinski definition) is 7. The molecule has 0 aliphatic rings. The number of nitrogens with one attached hydrogen (secondary N) is 3. The predicted molar refractivity (Wildman–Crippen MR) is 55.7 cm³/mol. The monoisotopic (exact) mass is 228 g/mol. The van der Waals surface area contributed by atoms with Gasteiger partial charge in [0.2, 0.25) is 5.91 Å². The molecule has 1 aromatic heterocycles. The zero-order valence-electron chi connectivity index (χ0n) is 9.10. The molecule has 0 aromatic carbocycles. The van der Waals surface area contributed by atoms with E-state index in [-0.39, 0.29) is 12.5 Å². The Bertz CT molecular complexity index is 299. The number of likely N-dealkylation sites (N-methyl/N-ethyl adjacent to an activating group) is 1. The van der Waals surface area contributed by atoms with Crippen molar-refractivity contribution in [2.24, 2.45) is 5.84 Å². The number of nitrogens with zero attached hydrogens (tertiary/aromatic N) is 4. The van der Waals surface area contributed by atoms with E-state index in [2.05, 4.69) is 31.3 Å². The number of H-pyrrole nitrogens is 1. The molecule has 0 unspecified atom stereocenters. The van der Waals surface area contributed by atoms with Gasteiger partial charge in [-0.2, -0.15) is 0 Å². The summed E-state index contributed by atoms with van der Waals surface area (Å²) in [5.74, 6) is 5.92. The van der Waals surface area contributed by atoms with Crippen LogP contribution in [0.3, 0.4) is 0 Å². The first kappa shape index (κ1) is 12.5. The summed E-state index contributed by atoms with van der Waals surface area (Å²) in [7, 11) is 1.80. The van der Waals surface area contributed by atoms with Crippen molar-refractivity contribution in [3.8, 4) is 0 Å². The second-order valence-electron chi connectivity index (χ2n) is 3.14. The summed E-state index contributed by atoms with van der Waals surface area (Å²) in [6, 6.07) is 0. The van der Waals surface area contributed by atoms with Crippen molar-refractivity contribution in [2.45, 2.75) is 6.54 Å². The van der Waals surface area contributed by atoms with Gasteiger partial charge in [-0.15, -0.1) is 5.10 Å². The summed E-state index contributed by atoms with van der Waals surface area (Å²) in [5.41, 5.74) is 0. The Morgan fingerprint density at radius 1 is 1.62 bits per heavy atom. The predicted octanol–water partition coefficient (Wildman–Crippen LogP) is -2.79. The molecule has 0 bridgehead atoms. The number of nitrogens with two attached hydrogens (primary N) is 1. The number of carbonyl (C=O) groups is 1. The molecule has 0 saturated carbocycles. The Morgan fingerprint density at radius 3 is 3.06 bits per heavy atom. The van der Waals surface area contributed by atoms with Gasteiger partial charge in [0, 0.05) is 13.1 Å². The fourth-order valence-corrected chi connectivity index (χ4v) is 1.00. The third-order valence-corrected chi connectivity index (χ3v) is 1.88. The summed E-state index contributed by atoms with van der Waals surface area (Å²) in [6.07, 6.45) is 0. The molecule has 0 radical (unpaired) electrons.